The van der Waals surface area contributed by atoms with E-state index in [0.29, 0.717) is 32.9 Å². The minimum atomic E-state index is -0.340. The molecule has 0 spiro atoms. The lowest BCUT2D eigenvalue weighted by Crippen LogP contribution is -2.42. The van der Waals surface area contributed by atoms with Gasteiger partial charge in [0.1, 0.15) is 0 Å². The Morgan fingerprint density at radius 3 is 2.63 bits per heavy atom. The molecule has 9 heteroatoms. The van der Waals surface area contributed by atoms with Gasteiger partial charge in [0.2, 0.25) is 18.6 Å². The van der Waals surface area contributed by atoms with E-state index in [-0.39, 0.29) is 30.8 Å². The second-order valence-electron chi connectivity index (χ2n) is 5.65. The number of halogens is 2. The van der Waals surface area contributed by atoms with Gasteiger partial charge in [0.05, 0.1) is 10.8 Å². The number of benzene rings is 2. The Kier molecular flexibility index (Phi) is 6.71. The molecular formula is C18H16Cl2N2O4S. The van der Waals surface area contributed by atoms with Gasteiger partial charge in [-0.2, -0.15) is 0 Å². The molecule has 0 bridgehead atoms. The molecule has 1 heterocycles. The van der Waals surface area contributed by atoms with Crippen molar-refractivity contribution in [1.82, 2.24) is 10.9 Å². The molecule has 2 aromatic carbocycles. The van der Waals surface area contributed by atoms with Crippen molar-refractivity contribution in [2.24, 2.45) is 0 Å². The van der Waals surface area contributed by atoms with Crippen molar-refractivity contribution in [3.63, 3.8) is 0 Å². The molecular weight excluding hydrogens is 411 g/mol. The van der Waals surface area contributed by atoms with E-state index in [0.717, 1.165) is 5.56 Å². The standard InChI is InChI=1S/C18H16Cl2N2O4S/c19-12-3-4-13(20)16(8-12)27-9-18(24)22-21-17(23)6-2-11-1-5-14-15(7-11)26-10-25-14/h1,3-5,7-8H,2,6,9-10H2,(H,21,23)(H,22,24). The fourth-order valence-corrected chi connectivity index (χ4v) is 3.62. The highest BCUT2D eigenvalue weighted by atomic mass is 35.5. The van der Waals surface area contributed by atoms with Crippen LogP contribution in [-0.2, 0) is 16.0 Å². The number of hydrogen-bond acceptors (Lipinski definition) is 5. The Labute approximate surface area is 170 Å². The van der Waals surface area contributed by atoms with Crippen molar-refractivity contribution in [1.29, 1.82) is 0 Å². The number of rotatable bonds is 6. The maximum atomic E-state index is 11.9. The molecule has 0 radical (unpaired) electrons. The lowest BCUT2D eigenvalue weighted by Gasteiger charge is -2.08. The Bertz CT molecular complexity index is 863. The van der Waals surface area contributed by atoms with Gasteiger partial charge in [0.25, 0.3) is 0 Å². The summed E-state index contributed by atoms with van der Waals surface area (Å²) in [6, 6.07) is 10.6. The summed E-state index contributed by atoms with van der Waals surface area (Å²) in [5.74, 6) is 0.854. The molecule has 0 saturated carbocycles. The van der Waals surface area contributed by atoms with Gasteiger partial charge in [-0.05, 0) is 42.3 Å². The Morgan fingerprint density at radius 1 is 1.00 bits per heavy atom. The average Bonchev–Trinajstić information content (AvgIpc) is 3.13. The van der Waals surface area contributed by atoms with E-state index in [9.17, 15) is 9.59 Å². The molecule has 3 rings (SSSR count). The molecule has 1 aliphatic heterocycles. The first-order valence-electron chi connectivity index (χ1n) is 8.05. The smallest absolute Gasteiger partial charge is 0.248 e. The molecule has 0 fully saturated rings. The van der Waals surface area contributed by atoms with Crippen molar-refractivity contribution >= 4 is 46.8 Å². The fourth-order valence-electron chi connectivity index (χ4n) is 2.32. The molecule has 2 N–H and O–H groups in total. The van der Waals surface area contributed by atoms with Crippen LogP contribution in [0.5, 0.6) is 11.5 Å². The third kappa shape index (κ3) is 5.69. The van der Waals surface area contributed by atoms with E-state index in [1.807, 2.05) is 18.2 Å². The van der Waals surface area contributed by atoms with E-state index in [4.69, 9.17) is 32.7 Å². The van der Waals surface area contributed by atoms with Gasteiger partial charge in [-0.25, -0.2) is 0 Å². The second kappa shape index (κ2) is 9.21. The average molecular weight is 427 g/mol. The summed E-state index contributed by atoms with van der Waals surface area (Å²) in [5.41, 5.74) is 5.74. The molecule has 2 aromatic rings. The van der Waals surface area contributed by atoms with Crippen LogP contribution in [0.3, 0.4) is 0 Å². The van der Waals surface area contributed by atoms with Gasteiger partial charge in [-0.15, -0.1) is 11.8 Å². The second-order valence-corrected chi connectivity index (χ2v) is 7.51. The van der Waals surface area contributed by atoms with Gasteiger partial charge in [-0.3, -0.25) is 20.4 Å². The first kappa shape index (κ1) is 19.7. The van der Waals surface area contributed by atoms with Gasteiger partial charge in [0, 0.05) is 16.3 Å². The number of amides is 2. The van der Waals surface area contributed by atoms with Crippen molar-refractivity contribution in [2.75, 3.05) is 12.5 Å². The molecule has 27 heavy (non-hydrogen) atoms. The zero-order valence-corrected chi connectivity index (χ0v) is 16.4. The summed E-state index contributed by atoms with van der Waals surface area (Å²) in [4.78, 5) is 24.5. The first-order valence-corrected chi connectivity index (χ1v) is 9.79. The van der Waals surface area contributed by atoms with Crippen molar-refractivity contribution in [3.05, 3.63) is 52.0 Å². The van der Waals surface area contributed by atoms with E-state index in [2.05, 4.69) is 10.9 Å². The Morgan fingerprint density at radius 2 is 1.78 bits per heavy atom. The van der Waals surface area contributed by atoms with Crippen LogP contribution < -0.4 is 20.3 Å². The zero-order valence-electron chi connectivity index (χ0n) is 14.1. The van der Waals surface area contributed by atoms with Gasteiger partial charge >= 0.3 is 0 Å². The van der Waals surface area contributed by atoms with Crippen LogP contribution in [0, 0.1) is 0 Å². The van der Waals surface area contributed by atoms with Crippen LogP contribution >= 0.6 is 35.0 Å². The van der Waals surface area contributed by atoms with Crippen molar-refractivity contribution in [2.45, 2.75) is 17.7 Å². The third-order valence-corrected chi connectivity index (χ3v) is 5.40. The normalized spacial score (nSPS) is 11.9. The highest BCUT2D eigenvalue weighted by Gasteiger charge is 2.14. The van der Waals surface area contributed by atoms with E-state index in [1.165, 1.54) is 11.8 Å². The van der Waals surface area contributed by atoms with Crippen molar-refractivity contribution in [3.8, 4) is 11.5 Å². The topological polar surface area (TPSA) is 76.7 Å². The molecule has 0 saturated heterocycles. The first-order chi connectivity index (χ1) is 13.0. The minimum absolute atomic E-state index is 0.0997. The van der Waals surface area contributed by atoms with Gasteiger partial charge in [-0.1, -0.05) is 29.3 Å². The number of carbonyl (C=O) groups is 2. The predicted molar refractivity (Wildman–Crippen MR) is 104 cm³/mol. The number of fused-ring (bicyclic) bond motifs is 1. The van der Waals surface area contributed by atoms with Gasteiger partial charge in [0.15, 0.2) is 11.5 Å². The number of ether oxygens (including phenoxy) is 2. The lowest BCUT2D eigenvalue weighted by atomic mass is 10.1. The van der Waals surface area contributed by atoms with Crippen LogP contribution in [0.1, 0.15) is 12.0 Å². The van der Waals surface area contributed by atoms with Gasteiger partial charge < -0.3 is 9.47 Å². The fraction of sp³-hybridized carbons (Fsp3) is 0.222. The minimum Gasteiger partial charge on any atom is -0.454 e. The van der Waals surface area contributed by atoms with Crippen LogP contribution in [0.15, 0.2) is 41.3 Å². The largest absolute Gasteiger partial charge is 0.454 e. The summed E-state index contributed by atoms with van der Waals surface area (Å²) in [7, 11) is 0. The van der Waals surface area contributed by atoms with Crippen LogP contribution in [0.25, 0.3) is 0 Å². The predicted octanol–water partition coefficient (Wildman–Crippen LogP) is 3.59. The zero-order chi connectivity index (χ0) is 19.2. The van der Waals surface area contributed by atoms with Crippen LogP contribution in [0.4, 0.5) is 0 Å². The molecule has 0 atom stereocenters. The summed E-state index contributed by atoms with van der Waals surface area (Å²) in [6.07, 6.45) is 0.748. The molecule has 2 amide bonds. The molecule has 0 aliphatic carbocycles. The highest BCUT2D eigenvalue weighted by molar-refractivity contribution is 8.00. The van der Waals surface area contributed by atoms with E-state index < -0.39 is 0 Å². The summed E-state index contributed by atoms with van der Waals surface area (Å²) < 4.78 is 10.6. The number of hydrogen-bond donors (Lipinski definition) is 2. The number of thioether (sulfide) groups is 1. The van der Waals surface area contributed by atoms with Crippen molar-refractivity contribution < 1.29 is 19.1 Å². The molecule has 1 aliphatic rings. The lowest BCUT2D eigenvalue weighted by molar-refractivity contribution is -0.127. The summed E-state index contributed by atoms with van der Waals surface area (Å²) in [6.45, 7) is 0.212. The SMILES string of the molecule is O=C(CCc1ccc2c(c1)OCO2)NNC(=O)CSc1cc(Cl)ccc1Cl. The van der Waals surface area contributed by atoms with E-state index >= 15 is 0 Å². The molecule has 6 nitrogen and oxygen atoms in total. The van der Waals surface area contributed by atoms with Crippen LogP contribution in [0.2, 0.25) is 10.0 Å². The number of nitrogens with one attached hydrogen (secondary N) is 2. The number of aryl methyl sites for hydroxylation is 1. The highest BCUT2D eigenvalue weighted by Crippen LogP contribution is 2.32. The third-order valence-electron chi connectivity index (χ3n) is 3.67. The number of hydrazine groups is 1. The maximum absolute atomic E-state index is 11.9. The molecule has 142 valence electrons. The Hall–Kier alpha value is -2.09. The number of carbonyl (C=O) groups excluding carboxylic acids is 2. The van der Waals surface area contributed by atoms with Crippen LogP contribution in [-0.4, -0.2) is 24.4 Å². The maximum Gasteiger partial charge on any atom is 0.248 e. The Balaban J connectivity index is 1.38. The monoisotopic (exact) mass is 426 g/mol. The molecule has 0 aromatic heterocycles. The quantitative estimate of drug-likeness (QED) is 0.544. The molecule has 0 unspecified atom stereocenters. The summed E-state index contributed by atoms with van der Waals surface area (Å²) >= 11 is 13.2. The summed E-state index contributed by atoms with van der Waals surface area (Å²) in [5, 5.41) is 1.06. The van der Waals surface area contributed by atoms with E-state index in [1.54, 1.807) is 18.2 Å².